The maximum Gasteiger partial charge on any atom is 0.472 e. The van der Waals surface area contributed by atoms with Gasteiger partial charge in [-0.3, -0.25) is 18.6 Å². The summed E-state index contributed by atoms with van der Waals surface area (Å²) >= 11 is 0. The molecule has 0 rings (SSSR count). The van der Waals surface area contributed by atoms with Gasteiger partial charge in [0.15, 0.2) is 6.10 Å². The van der Waals surface area contributed by atoms with Crippen molar-refractivity contribution in [1.29, 1.82) is 0 Å². The molecule has 0 saturated heterocycles. The third-order valence-corrected chi connectivity index (χ3v) is 16.5. The van der Waals surface area contributed by atoms with Crippen molar-refractivity contribution in [3.05, 3.63) is 60.8 Å². The molecule has 2 unspecified atom stereocenters. The van der Waals surface area contributed by atoms with E-state index in [1.54, 1.807) is 0 Å². The summed E-state index contributed by atoms with van der Waals surface area (Å²) < 4.78 is 34.7. The van der Waals surface area contributed by atoms with E-state index in [-0.39, 0.29) is 25.6 Å². The summed E-state index contributed by atoms with van der Waals surface area (Å²) in [6.07, 6.45) is 83.4. The van der Waals surface area contributed by atoms with Crippen LogP contribution in [0.25, 0.3) is 0 Å². The second kappa shape index (κ2) is 63.2. The Morgan fingerprint density at radius 3 is 1.05 bits per heavy atom. The van der Waals surface area contributed by atoms with Crippen LogP contribution in [0.2, 0.25) is 0 Å². The molecule has 0 aromatic rings. The molecule has 0 amide bonds. The van der Waals surface area contributed by atoms with Gasteiger partial charge in [-0.05, 0) is 77.0 Å². The Hall–Kier alpha value is -2.29. The van der Waals surface area contributed by atoms with Gasteiger partial charge in [-0.1, -0.05) is 306 Å². The highest BCUT2D eigenvalue weighted by molar-refractivity contribution is 7.47. The Morgan fingerprint density at radius 1 is 0.390 bits per heavy atom. The lowest BCUT2D eigenvalue weighted by molar-refractivity contribution is -0.870. The third-order valence-electron chi connectivity index (χ3n) is 15.5. The largest absolute Gasteiger partial charge is 0.472 e. The molecule has 0 aromatic heterocycles. The number of rotatable bonds is 65. The van der Waals surface area contributed by atoms with Gasteiger partial charge in [0.25, 0.3) is 0 Å². The van der Waals surface area contributed by atoms with Crippen LogP contribution in [-0.2, 0) is 32.7 Å². The fourth-order valence-electron chi connectivity index (χ4n) is 10.2. The average molecular weight is 1170 g/mol. The molecule has 0 saturated carbocycles. The van der Waals surface area contributed by atoms with Gasteiger partial charge in [0.2, 0.25) is 0 Å². The molecule has 0 aliphatic carbocycles. The summed E-state index contributed by atoms with van der Waals surface area (Å²) in [6.45, 7) is 4.36. The zero-order valence-electron chi connectivity index (χ0n) is 54.7. The zero-order valence-corrected chi connectivity index (χ0v) is 55.6. The minimum Gasteiger partial charge on any atom is -0.462 e. The maximum absolute atomic E-state index is 12.9. The first kappa shape index (κ1) is 79.7. The van der Waals surface area contributed by atoms with Gasteiger partial charge in [-0.15, -0.1) is 0 Å². The summed E-state index contributed by atoms with van der Waals surface area (Å²) in [4.78, 5) is 35.8. The molecule has 2 atom stereocenters. The van der Waals surface area contributed by atoms with E-state index in [2.05, 4.69) is 74.6 Å². The number of quaternary nitrogens is 1. The Balaban J connectivity index is 3.97. The number of phosphoric ester groups is 1. The standard InChI is InChI=1S/C72H134NO8P/c1-6-8-10-12-14-16-18-20-22-24-26-28-30-31-32-33-34-35-36-37-38-39-40-41-43-44-46-48-50-52-54-56-58-60-62-64-71(74)78-68-70(69-80-82(76,77)79-67-66-73(3,4)5)81-72(75)65-63-61-59-57-55-53-51-49-47-45-42-29-27-25-23-21-19-17-15-13-11-9-7-2/h9,11,15,17,21,23-24,26-27,29,70H,6-8,10,12-14,16,18-20,22,25,28,30-69H2,1-5H3/p+1/b11-9-,17-15-,23-21-,26-24-,29-27-. The van der Waals surface area contributed by atoms with E-state index in [0.717, 1.165) is 70.6 Å². The number of allylic oxidation sites excluding steroid dienone is 10. The highest BCUT2D eigenvalue weighted by atomic mass is 31.2. The third kappa shape index (κ3) is 66.8. The molecule has 0 aliphatic rings. The molecule has 0 fully saturated rings. The predicted octanol–water partition coefficient (Wildman–Crippen LogP) is 22.6. The second-order valence-corrected chi connectivity index (χ2v) is 26.3. The summed E-state index contributed by atoms with van der Waals surface area (Å²) in [5.74, 6) is -0.789. The van der Waals surface area contributed by atoms with Crippen LogP contribution in [0.15, 0.2) is 60.8 Å². The molecule has 1 N–H and O–H groups in total. The smallest absolute Gasteiger partial charge is 0.462 e. The van der Waals surface area contributed by atoms with E-state index in [0.29, 0.717) is 23.9 Å². The molecule has 0 spiro atoms. The van der Waals surface area contributed by atoms with Crippen molar-refractivity contribution in [3.63, 3.8) is 0 Å². The van der Waals surface area contributed by atoms with Crippen molar-refractivity contribution in [2.75, 3.05) is 47.5 Å². The van der Waals surface area contributed by atoms with E-state index in [1.165, 1.54) is 231 Å². The van der Waals surface area contributed by atoms with Crippen molar-refractivity contribution in [3.8, 4) is 0 Å². The zero-order chi connectivity index (χ0) is 59.8. The summed E-state index contributed by atoms with van der Waals surface area (Å²) in [7, 11) is 1.48. The van der Waals surface area contributed by atoms with Crippen LogP contribution in [0.4, 0.5) is 0 Å². The van der Waals surface area contributed by atoms with Crippen LogP contribution in [0.5, 0.6) is 0 Å². The van der Waals surface area contributed by atoms with E-state index in [1.807, 2.05) is 21.1 Å². The fourth-order valence-corrected chi connectivity index (χ4v) is 10.9. The summed E-state index contributed by atoms with van der Waals surface area (Å²) in [6, 6.07) is 0. The average Bonchev–Trinajstić information content (AvgIpc) is 3.46. The van der Waals surface area contributed by atoms with Crippen LogP contribution < -0.4 is 0 Å². The molecule has 0 aromatic carbocycles. The Bertz CT molecular complexity index is 1570. The van der Waals surface area contributed by atoms with Gasteiger partial charge in [-0.2, -0.15) is 0 Å². The number of hydrogen-bond acceptors (Lipinski definition) is 7. The molecule has 9 nitrogen and oxygen atoms in total. The van der Waals surface area contributed by atoms with Gasteiger partial charge >= 0.3 is 19.8 Å². The van der Waals surface area contributed by atoms with Gasteiger partial charge in [0.05, 0.1) is 27.7 Å². The summed E-state index contributed by atoms with van der Waals surface area (Å²) in [5.41, 5.74) is 0. The molecule has 480 valence electrons. The van der Waals surface area contributed by atoms with Crippen LogP contribution >= 0.6 is 7.82 Å². The predicted molar refractivity (Wildman–Crippen MR) is 353 cm³/mol. The monoisotopic (exact) mass is 1170 g/mol. The number of carbonyl (C=O) groups excluding carboxylic acids is 2. The van der Waals surface area contributed by atoms with Gasteiger partial charge in [0, 0.05) is 12.8 Å². The van der Waals surface area contributed by atoms with Crippen molar-refractivity contribution >= 4 is 19.8 Å². The molecule has 0 aliphatic heterocycles. The van der Waals surface area contributed by atoms with Crippen molar-refractivity contribution in [1.82, 2.24) is 0 Å². The number of esters is 2. The first-order valence-electron chi connectivity index (χ1n) is 35.0. The van der Waals surface area contributed by atoms with E-state index >= 15 is 0 Å². The minimum absolute atomic E-state index is 0.0307. The molecule has 10 heteroatoms. The highest BCUT2D eigenvalue weighted by Gasteiger charge is 2.27. The molecular formula is C72H135NO8P+. The Labute approximate surface area is 508 Å². The van der Waals surface area contributed by atoms with E-state index in [4.69, 9.17) is 18.5 Å². The number of carbonyl (C=O) groups is 2. The molecule has 82 heavy (non-hydrogen) atoms. The summed E-state index contributed by atoms with van der Waals surface area (Å²) in [5, 5.41) is 0. The normalized spacial score (nSPS) is 13.5. The lowest BCUT2D eigenvalue weighted by Crippen LogP contribution is -2.37. The molecule has 0 bridgehead atoms. The van der Waals surface area contributed by atoms with Crippen molar-refractivity contribution < 1.29 is 42.1 Å². The molecule has 0 radical (unpaired) electrons. The number of nitrogens with zero attached hydrogens (tertiary/aromatic N) is 1. The Morgan fingerprint density at radius 2 is 0.695 bits per heavy atom. The molecular weight excluding hydrogens is 1040 g/mol. The SMILES string of the molecule is CC/C=C\C/C=C\C/C=C\C/C=C\CCCCCCCCCCCCC(=O)OC(COC(=O)CCCCCCCCCCCCCCCCCCCCCCCCC/C=C\CCCCCCCCCC)COP(=O)(O)OCC[N+](C)(C)C. The van der Waals surface area contributed by atoms with Gasteiger partial charge in [-0.25, -0.2) is 4.57 Å². The maximum atomic E-state index is 12.9. The van der Waals surface area contributed by atoms with Crippen molar-refractivity contribution in [2.24, 2.45) is 0 Å². The van der Waals surface area contributed by atoms with Crippen molar-refractivity contribution in [2.45, 2.75) is 341 Å². The fraction of sp³-hybridized carbons (Fsp3) is 0.833. The Kier molecular flexibility index (Phi) is 61.5. The van der Waals surface area contributed by atoms with E-state index < -0.39 is 26.5 Å². The van der Waals surface area contributed by atoms with Crippen LogP contribution in [0, 0.1) is 0 Å². The number of ether oxygens (including phenoxy) is 2. The number of hydrogen-bond donors (Lipinski definition) is 1. The molecule has 0 heterocycles. The number of unbranched alkanes of at least 4 members (excludes halogenated alkanes) is 41. The topological polar surface area (TPSA) is 108 Å². The second-order valence-electron chi connectivity index (χ2n) is 24.9. The number of likely N-dealkylation sites (N-methyl/N-ethyl adjacent to an activating group) is 1. The lowest BCUT2D eigenvalue weighted by Gasteiger charge is -2.24. The first-order chi connectivity index (χ1) is 40.0. The van der Waals surface area contributed by atoms with Crippen LogP contribution in [-0.4, -0.2) is 74.9 Å². The quantitative estimate of drug-likeness (QED) is 0.0211. The van der Waals surface area contributed by atoms with Gasteiger partial charge < -0.3 is 18.9 Å². The van der Waals surface area contributed by atoms with Gasteiger partial charge in [0.1, 0.15) is 19.8 Å². The number of phosphoric acid groups is 1. The van der Waals surface area contributed by atoms with Crippen LogP contribution in [0.3, 0.4) is 0 Å². The first-order valence-corrected chi connectivity index (χ1v) is 36.5. The lowest BCUT2D eigenvalue weighted by atomic mass is 10.0. The highest BCUT2D eigenvalue weighted by Crippen LogP contribution is 2.43. The minimum atomic E-state index is -4.39. The van der Waals surface area contributed by atoms with E-state index in [9.17, 15) is 19.0 Å². The van der Waals surface area contributed by atoms with Crippen LogP contribution in [0.1, 0.15) is 335 Å².